The molecule has 0 radical (unpaired) electrons. The van der Waals surface area contributed by atoms with Crippen LogP contribution in [0.15, 0.2) is 12.4 Å². The molecule has 0 aromatic carbocycles. The number of rotatable bonds is 3. The van der Waals surface area contributed by atoms with E-state index in [1.54, 1.807) is 0 Å². The van der Waals surface area contributed by atoms with Gasteiger partial charge in [0.05, 0.1) is 18.7 Å². The maximum Gasteiger partial charge on any atom is 0.223 e. The number of nitrogens with zero attached hydrogens (tertiary/aromatic N) is 4. The van der Waals surface area contributed by atoms with Crippen LogP contribution >= 0.6 is 0 Å². The highest BCUT2D eigenvalue weighted by Crippen LogP contribution is 2.34. The first-order valence-corrected chi connectivity index (χ1v) is 8.35. The van der Waals surface area contributed by atoms with Crippen LogP contribution in [0.3, 0.4) is 0 Å². The van der Waals surface area contributed by atoms with Crippen molar-refractivity contribution in [2.75, 3.05) is 19.7 Å². The van der Waals surface area contributed by atoms with Gasteiger partial charge in [-0.3, -0.25) is 9.69 Å². The summed E-state index contributed by atoms with van der Waals surface area (Å²) in [5.41, 5.74) is 0. The van der Waals surface area contributed by atoms with Gasteiger partial charge in [0.15, 0.2) is 0 Å². The van der Waals surface area contributed by atoms with Gasteiger partial charge in [-0.1, -0.05) is 0 Å². The molecule has 0 saturated carbocycles. The van der Waals surface area contributed by atoms with Crippen LogP contribution in [0, 0.1) is 0 Å². The molecule has 3 aliphatic rings. The number of aryl methyl sites for hydroxylation is 1. The summed E-state index contributed by atoms with van der Waals surface area (Å²) in [7, 11) is 2.04. The standard InChI is InChI=1S/C16H24N4O2/c1-18-8-6-17-14(18)11-19-10-13(20-7-2-5-15(20)21)16-12(19)4-3-9-22-16/h6,8,12-13,16H,2-5,7,9-11H2,1H3/t12-,13-,16+/m0/s1. The van der Waals surface area contributed by atoms with Gasteiger partial charge in [0, 0.05) is 51.6 Å². The van der Waals surface area contributed by atoms with Crippen LogP contribution < -0.4 is 0 Å². The van der Waals surface area contributed by atoms with Crippen molar-refractivity contribution in [1.29, 1.82) is 0 Å². The summed E-state index contributed by atoms with van der Waals surface area (Å²) in [6, 6.07) is 0.643. The Balaban J connectivity index is 1.55. The predicted molar refractivity (Wildman–Crippen MR) is 81.1 cm³/mol. The fourth-order valence-corrected chi connectivity index (χ4v) is 4.23. The third kappa shape index (κ3) is 2.34. The molecule has 0 aliphatic carbocycles. The van der Waals surface area contributed by atoms with Gasteiger partial charge in [-0.25, -0.2) is 4.98 Å². The molecule has 22 heavy (non-hydrogen) atoms. The van der Waals surface area contributed by atoms with Gasteiger partial charge in [-0.05, 0) is 19.3 Å². The van der Waals surface area contributed by atoms with E-state index in [4.69, 9.17) is 4.74 Å². The topological polar surface area (TPSA) is 50.6 Å². The van der Waals surface area contributed by atoms with Crippen LogP contribution in [0.2, 0.25) is 0 Å². The van der Waals surface area contributed by atoms with Crippen molar-refractivity contribution in [3.63, 3.8) is 0 Å². The summed E-state index contributed by atoms with van der Waals surface area (Å²) in [4.78, 5) is 21.1. The summed E-state index contributed by atoms with van der Waals surface area (Å²) in [5.74, 6) is 1.38. The molecule has 4 heterocycles. The lowest BCUT2D eigenvalue weighted by Crippen LogP contribution is -2.48. The molecule has 0 N–H and O–H groups in total. The third-order valence-corrected chi connectivity index (χ3v) is 5.38. The Morgan fingerprint density at radius 1 is 1.36 bits per heavy atom. The van der Waals surface area contributed by atoms with Crippen LogP contribution in [0.1, 0.15) is 31.5 Å². The Morgan fingerprint density at radius 3 is 3.00 bits per heavy atom. The lowest BCUT2D eigenvalue weighted by Gasteiger charge is -2.34. The number of fused-ring (bicyclic) bond motifs is 1. The summed E-state index contributed by atoms with van der Waals surface area (Å²) >= 11 is 0. The van der Waals surface area contributed by atoms with Crippen LogP contribution in [0.25, 0.3) is 0 Å². The first-order valence-electron chi connectivity index (χ1n) is 8.35. The predicted octanol–water partition coefficient (Wildman–Crippen LogP) is 0.774. The highest BCUT2D eigenvalue weighted by atomic mass is 16.5. The van der Waals surface area contributed by atoms with E-state index in [1.807, 2.05) is 19.4 Å². The number of amides is 1. The Kier molecular flexibility index (Phi) is 3.66. The molecule has 3 aliphatic heterocycles. The Bertz CT molecular complexity index is 558. The highest BCUT2D eigenvalue weighted by Gasteiger charge is 2.48. The first kappa shape index (κ1) is 14.2. The minimum Gasteiger partial charge on any atom is -0.374 e. The van der Waals surface area contributed by atoms with Gasteiger partial charge < -0.3 is 14.2 Å². The number of hydrogen-bond acceptors (Lipinski definition) is 4. The van der Waals surface area contributed by atoms with E-state index in [-0.39, 0.29) is 12.1 Å². The van der Waals surface area contributed by atoms with Crippen molar-refractivity contribution in [2.45, 2.75) is 50.4 Å². The monoisotopic (exact) mass is 304 g/mol. The number of hydrogen-bond donors (Lipinski definition) is 0. The Morgan fingerprint density at radius 2 is 2.27 bits per heavy atom. The van der Waals surface area contributed by atoms with Crippen molar-refractivity contribution in [2.24, 2.45) is 7.05 Å². The second-order valence-electron chi connectivity index (χ2n) is 6.69. The van der Waals surface area contributed by atoms with Gasteiger partial charge in [-0.2, -0.15) is 0 Å². The lowest BCUT2D eigenvalue weighted by molar-refractivity contribution is -0.132. The lowest BCUT2D eigenvalue weighted by atomic mass is 10.0. The molecule has 0 spiro atoms. The molecule has 6 heteroatoms. The van der Waals surface area contributed by atoms with Gasteiger partial charge in [0.25, 0.3) is 0 Å². The van der Waals surface area contributed by atoms with Crippen LogP contribution in [0.4, 0.5) is 0 Å². The number of imidazole rings is 1. The van der Waals surface area contributed by atoms with E-state index in [9.17, 15) is 4.79 Å². The highest BCUT2D eigenvalue weighted by molar-refractivity contribution is 5.78. The maximum absolute atomic E-state index is 12.1. The van der Waals surface area contributed by atoms with Gasteiger partial charge in [0.2, 0.25) is 5.91 Å². The normalized spacial score (nSPS) is 32.7. The molecule has 3 saturated heterocycles. The summed E-state index contributed by atoms with van der Waals surface area (Å²) in [6.45, 7) is 3.47. The minimum atomic E-state index is 0.177. The van der Waals surface area contributed by atoms with Gasteiger partial charge in [-0.15, -0.1) is 0 Å². The van der Waals surface area contributed by atoms with E-state index in [0.717, 1.165) is 51.3 Å². The van der Waals surface area contributed by atoms with Crippen LogP contribution in [-0.2, 0) is 23.1 Å². The molecule has 3 atom stereocenters. The molecule has 1 aromatic heterocycles. The molecule has 6 nitrogen and oxygen atoms in total. The summed E-state index contributed by atoms with van der Waals surface area (Å²) in [5, 5.41) is 0. The molecule has 0 bridgehead atoms. The number of aromatic nitrogens is 2. The third-order valence-electron chi connectivity index (χ3n) is 5.38. The summed E-state index contributed by atoms with van der Waals surface area (Å²) < 4.78 is 8.17. The SMILES string of the molecule is Cn1ccnc1CN1C[C@H](N2CCCC2=O)[C@@H]2OCCC[C@@H]21. The fourth-order valence-electron chi connectivity index (χ4n) is 4.23. The molecule has 3 fully saturated rings. The number of ether oxygens (including phenoxy) is 1. The average Bonchev–Trinajstić information content (AvgIpc) is 3.21. The molecular formula is C16H24N4O2. The molecule has 1 aromatic rings. The van der Waals surface area contributed by atoms with E-state index in [2.05, 4.69) is 19.4 Å². The Hall–Kier alpha value is -1.40. The van der Waals surface area contributed by atoms with E-state index in [0.29, 0.717) is 18.4 Å². The second kappa shape index (κ2) is 5.66. The molecule has 1 amide bonds. The molecule has 4 rings (SSSR count). The zero-order chi connectivity index (χ0) is 15.1. The van der Waals surface area contributed by atoms with Crippen molar-refractivity contribution < 1.29 is 9.53 Å². The second-order valence-corrected chi connectivity index (χ2v) is 6.69. The zero-order valence-electron chi connectivity index (χ0n) is 13.1. The van der Waals surface area contributed by atoms with E-state index in [1.165, 1.54) is 0 Å². The Labute approximate surface area is 131 Å². The van der Waals surface area contributed by atoms with Crippen molar-refractivity contribution in [1.82, 2.24) is 19.4 Å². The van der Waals surface area contributed by atoms with Gasteiger partial charge >= 0.3 is 0 Å². The molecule has 120 valence electrons. The smallest absolute Gasteiger partial charge is 0.223 e. The van der Waals surface area contributed by atoms with E-state index >= 15 is 0 Å². The quantitative estimate of drug-likeness (QED) is 0.828. The number of likely N-dealkylation sites (tertiary alicyclic amines) is 2. The fraction of sp³-hybridized carbons (Fsp3) is 0.750. The maximum atomic E-state index is 12.1. The van der Waals surface area contributed by atoms with Crippen molar-refractivity contribution >= 4 is 5.91 Å². The minimum absolute atomic E-state index is 0.177. The number of carbonyl (C=O) groups excluding carboxylic acids is 1. The van der Waals surface area contributed by atoms with Gasteiger partial charge in [0.1, 0.15) is 5.82 Å². The zero-order valence-corrected chi connectivity index (χ0v) is 13.1. The van der Waals surface area contributed by atoms with Crippen LogP contribution in [-0.4, -0.2) is 63.1 Å². The van der Waals surface area contributed by atoms with Crippen LogP contribution in [0.5, 0.6) is 0 Å². The van der Waals surface area contributed by atoms with E-state index < -0.39 is 0 Å². The molecular weight excluding hydrogens is 280 g/mol. The first-order chi connectivity index (χ1) is 10.7. The molecule has 0 unspecified atom stereocenters. The number of carbonyl (C=O) groups is 1. The summed E-state index contributed by atoms with van der Waals surface area (Å²) in [6.07, 6.45) is 7.98. The largest absolute Gasteiger partial charge is 0.374 e. The average molecular weight is 304 g/mol. The van der Waals surface area contributed by atoms with Crippen molar-refractivity contribution in [3.8, 4) is 0 Å². The van der Waals surface area contributed by atoms with Crippen molar-refractivity contribution in [3.05, 3.63) is 18.2 Å².